The van der Waals surface area contributed by atoms with Crippen LogP contribution in [0.3, 0.4) is 0 Å². The Bertz CT molecular complexity index is 677. The number of hydrogen-bond acceptors (Lipinski definition) is 3. The highest BCUT2D eigenvalue weighted by atomic mass is 79.9. The van der Waals surface area contributed by atoms with E-state index in [4.69, 9.17) is 9.84 Å². The zero-order valence-corrected chi connectivity index (χ0v) is 13.3. The Kier molecular flexibility index (Phi) is 4.67. The number of carboxylic acids is 1. The number of aromatic amines is 1. The van der Waals surface area contributed by atoms with Crippen molar-refractivity contribution in [1.29, 1.82) is 0 Å². The van der Waals surface area contributed by atoms with Gasteiger partial charge in [0.05, 0.1) is 17.4 Å². The summed E-state index contributed by atoms with van der Waals surface area (Å²) in [5.41, 5.74) is 1.27. The minimum absolute atomic E-state index is 0.0384. The number of rotatable bonds is 6. The molecule has 0 radical (unpaired) electrons. The van der Waals surface area contributed by atoms with E-state index in [0.29, 0.717) is 11.3 Å². The third-order valence-electron chi connectivity index (χ3n) is 2.93. The fourth-order valence-corrected chi connectivity index (χ4v) is 2.59. The number of fused-ring (bicyclic) bond motifs is 1. The number of carboxylic acid groups (broad SMARTS) is 1. The Hall–Kier alpha value is -1.82. The van der Waals surface area contributed by atoms with Crippen LogP contribution in [-0.4, -0.2) is 32.8 Å². The zero-order valence-electron chi connectivity index (χ0n) is 11.7. The maximum Gasteiger partial charge on any atom is 0.304 e. The number of benzene rings is 1. The Morgan fingerprint density at radius 3 is 2.71 bits per heavy atom. The third kappa shape index (κ3) is 3.64. The molecule has 1 aromatic carbocycles. The molecule has 1 atom stereocenters. The van der Waals surface area contributed by atoms with Crippen LogP contribution in [0.25, 0.3) is 10.9 Å². The molecule has 1 unspecified atom stereocenters. The van der Waals surface area contributed by atoms with Gasteiger partial charge in [-0.15, -0.1) is 0 Å². The molecule has 21 heavy (non-hydrogen) atoms. The number of Topliss-reactive ketones (excluding diaryl/α,β-unsaturated/α-hetero) is 1. The molecule has 0 aliphatic heterocycles. The van der Waals surface area contributed by atoms with Crippen LogP contribution in [0.15, 0.2) is 24.4 Å². The standard InChI is InChI=1S/C15H16BrNO4/c1-8(2)21-9-3-4-13-10(5-9)11(7-17-13)15(20)12(16)6-14(18)19/h3-5,7-8,12,17H,6H2,1-2H3,(H,18,19). The van der Waals surface area contributed by atoms with E-state index in [9.17, 15) is 9.59 Å². The highest BCUT2D eigenvalue weighted by Crippen LogP contribution is 2.27. The molecule has 0 spiro atoms. The van der Waals surface area contributed by atoms with E-state index in [1.165, 1.54) is 0 Å². The van der Waals surface area contributed by atoms with Gasteiger partial charge in [-0.1, -0.05) is 15.9 Å². The van der Waals surface area contributed by atoms with Gasteiger partial charge in [0.25, 0.3) is 0 Å². The van der Waals surface area contributed by atoms with Gasteiger partial charge < -0.3 is 14.8 Å². The molecule has 2 N–H and O–H groups in total. The van der Waals surface area contributed by atoms with Crippen molar-refractivity contribution in [3.63, 3.8) is 0 Å². The van der Waals surface area contributed by atoms with Crippen LogP contribution in [-0.2, 0) is 4.79 Å². The number of ketones is 1. The first-order chi connectivity index (χ1) is 9.88. The normalized spacial score (nSPS) is 12.6. The van der Waals surface area contributed by atoms with Crippen molar-refractivity contribution in [2.45, 2.75) is 31.2 Å². The lowest BCUT2D eigenvalue weighted by Gasteiger charge is -2.10. The van der Waals surface area contributed by atoms with Crippen LogP contribution in [0.4, 0.5) is 0 Å². The van der Waals surface area contributed by atoms with Crippen LogP contribution in [0, 0.1) is 0 Å². The van der Waals surface area contributed by atoms with Crippen LogP contribution in [0.1, 0.15) is 30.6 Å². The number of hydrogen-bond donors (Lipinski definition) is 2. The second-order valence-corrected chi connectivity index (χ2v) is 6.11. The fraction of sp³-hybridized carbons (Fsp3) is 0.333. The maximum absolute atomic E-state index is 12.3. The van der Waals surface area contributed by atoms with E-state index >= 15 is 0 Å². The molecule has 5 nitrogen and oxygen atoms in total. The summed E-state index contributed by atoms with van der Waals surface area (Å²) in [7, 11) is 0. The van der Waals surface area contributed by atoms with Gasteiger partial charge in [0.15, 0.2) is 5.78 Å². The topological polar surface area (TPSA) is 79.4 Å². The number of carbonyl (C=O) groups excluding carboxylic acids is 1. The number of aliphatic carboxylic acids is 1. The Labute approximate surface area is 130 Å². The van der Waals surface area contributed by atoms with E-state index in [2.05, 4.69) is 20.9 Å². The number of carbonyl (C=O) groups is 2. The molecule has 2 rings (SSSR count). The predicted molar refractivity (Wildman–Crippen MR) is 83.4 cm³/mol. The lowest BCUT2D eigenvalue weighted by atomic mass is 10.1. The number of aromatic nitrogens is 1. The van der Waals surface area contributed by atoms with Gasteiger partial charge in [-0.25, -0.2) is 0 Å². The van der Waals surface area contributed by atoms with Gasteiger partial charge >= 0.3 is 5.97 Å². The largest absolute Gasteiger partial charge is 0.491 e. The molecule has 2 aromatic rings. The maximum atomic E-state index is 12.3. The molecule has 0 aliphatic carbocycles. The highest BCUT2D eigenvalue weighted by molar-refractivity contribution is 9.10. The molecular weight excluding hydrogens is 338 g/mol. The van der Waals surface area contributed by atoms with E-state index in [0.717, 1.165) is 10.9 Å². The van der Waals surface area contributed by atoms with Crippen molar-refractivity contribution in [2.24, 2.45) is 0 Å². The summed E-state index contributed by atoms with van der Waals surface area (Å²) < 4.78 is 5.62. The fourth-order valence-electron chi connectivity index (χ4n) is 2.06. The van der Waals surface area contributed by atoms with Gasteiger partial charge in [0.1, 0.15) is 5.75 Å². The summed E-state index contributed by atoms with van der Waals surface area (Å²) in [6, 6.07) is 5.46. The molecule has 0 bridgehead atoms. The molecule has 1 heterocycles. The van der Waals surface area contributed by atoms with Crippen molar-refractivity contribution < 1.29 is 19.4 Å². The minimum atomic E-state index is -1.02. The van der Waals surface area contributed by atoms with Gasteiger partial charge in [-0.05, 0) is 32.0 Å². The SMILES string of the molecule is CC(C)Oc1ccc2[nH]cc(C(=O)C(Br)CC(=O)O)c2c1. The van der Waals surface area contributed by atoms with Crippen molar-refractivity contribution in [1.82, 2.24) is 4.98 Å². The Balaban J connectivity index is 2.35. The second kappa shape index (κ2) is 6.30. The van der Waals surface area contributed by atoms with E-state index < -0.39 is 10.8 Å². The van der Waals surface area contributed by atoms with E-state index in [1.54, 1.807) is 12.3 Å². The second-order valence-electron chi connectivity index (χ2n) is 5.01. The first-order valence-corrected chi connectivity index (χ1v) is 7.48. The lowest BCUT2D eigenvalue weighted by molar-refractivity contribution is -0.136. The van der Waals surface area contributed by atoms with Crippen LogP contribution in [0.5, 0.6) is 5.75 Å². The van der Waals surface area contributed by atoms with Crippen LogP contribution >= 0.6 is 15.9 Å². The smallest absolute Gasteiger partial charge is 0.304 e. The summed E-state index contributed by atoms with van der Waals surface area (Å²) in [4.78, 5) is 25.3. The van der Waals surface area contributed by atoms with Gasteiger partial charge in [0, 0.05) is 22.7 Å². The van der Waals surface area contributed by atoms with Crippen molar-refractivity contribution in [2.75, 3.05) is 0 Å². The molecular formula is C15H16BrNO4. The van der Waals surface area contributed by atoms with Gasteiger partial charge in [-0.2, -0.15) is 0 Å². The van der Waals surface area contributed by atoms with E-state index in [-0.39, 0.29) is 18.3 Å². The van der Waals surface area contributed by atoms with Gasteiger partial charge in [-0.3, -0.25) is 9.59 Å². The summed E-state index contributed by atoms with van der Waals surface area (Å²) in [6.45, 7) is 3.85. The van der Waals surface area contributed by atoms with E-state index in [1.807, 2.05) is 26.0 Å². The minimum Gasteiger partial charge on any atom is -0.491 e. The van der Waals surface area contributed by atoms with Crippen molar-refractivity contribution in [3.8, 4) is 5.75 Å². The molecule has 0 saturated heterocycles. The molecule has 6 heteroatoms. The van der Waals surface area contributed by atoms with Crippen molar-refractivity contribution >= 4 is 38.6 Å². The molecule has 0 saturated carbocycles. The monoisotopic (exact) mass is 353 g/mol. The van der Waals surface area contributed by atoms with Crippen molar-refractivity contribution in [3.05, 3.63) is 30.0 Å². The molecule has 0 fully saturated rings. The first kappa shape index (κ1) is 15.6. The molecule has 112 valence electrons. The average molecular weight is 354 g/mol. The van der Waals surface area contributed by atoms with Gasteiger partial charge in [0.2, 0.25) is 0 Å². The average Bonchev–Trinajstić information content (AvgIpc) is 2.79. The van der Waals surface area contributed by atoms with Crippen LogP contribution in [0.2, 0.25) is 0 Å². The zero-order chi connectivity index (χ0) is 15.6. The Morgan fingerprint density at radius 2 is 2.10 bits per heavy atom. The first-order valence-electron chi connectivity index (χ1n) is 6.56. The summed E-state index contributed by atoms with van der Waals surface area (Å²) in [5, 5.41) is 9.51. The lowest BCUT2D eigenvalue weighted by Crippen LogP contribution is -2.17. The number of alkyl halides is 1. The summed E-state index contributed by atoms with van der Waals surface area (Å²) in [6.07, 6.45) is 1.38. The highest BCUT2D eigenvalue weighted by Gasteiger charge is 2.22. The Morgan fingerprint density at radius 1 is 1.38 bits per heavy atom. The predicted octanol–water partition coefficient (Wildman–Crippen LogP) is 3.38. The number of nitrogens with one attached hydrogen (secondary N) is 1. The van der Waals surface area contributed by atoms with Crippen LogP contribution < -0.4 is 4.74 Å². The molecule has 0 amide bonds. The molecule has 1 aromatic heterocycles. The number of H-pyrrole nitrogens is 1. The quantitative estimate of drug-likeness (QED) is 0.616. The number of halogens is 1. The summed E-state index contributed by atoms with van der Waals surface area (Å²) >= 11 is 3.13. The molecule has 0 aliphatic rings. The third-order valence-corrected chi connectivity index (χ3v) is 3.67. The summed E-state index contributed by atoms with van der Waals surface area (Å²) in [5.74, 6) is -0.602. The number of ether oxygens (including phenoxy) is 1.